The van der Waals surface area contributed by atoms with E-state index in [1.807, 2.05) is 0 Å². The van der Waals surface area contributed by atoms with Crippen LogP contribution in [0.5, 0.6) is 0 Å². The molecule has 0 saturated carbocycles. The molecule has 1 rings (SSSR count). The van der Waals surface area contributed by atoms with Gasteiger partial charge >= 0.3 is 0 Å². The van der Waals surface area contributed by atoms with E-state index in [0.29, 0.717) is 0 Å². The number of rotatable bonds is 7. The topological polar surface area (TPSA) is 12.0 Å². The van der Waals surface area contributed by atoms with Crippen molar-refractivity contribution in [3.63, 3.8) is 0 Å². The van der Waals surface area contributed by atoms with Crippen molar-refractivity contribution >= 4 is 0 Å². The molecule has 0 radical (unpaired) electrons. The monoisotopic (exact) mass is 219 g/mol. The molecule has 0 aliphatic carbocycles. The Morgan fingerprint density at radius 3 is 2.38 bits per heavy atom. The van der Waals surface area contributed by atoms with Crippen molar-refractivity contribution in [1.29, 1.82) is 0 Å². The first-order valence-electron chi connectivity index (χ1n) is 6.47. The molecule has 1 N–H and O–H groups in total. The average Bonchev–Trinajstić information content (AvgIpc) is 2.26. The molecule has 0 fully saturated rings. The fraction of sp³-hybridized carbons (Fsp3) is 0.600. The highest BCUT2D eigenvalue weighted by molar-refractivity contribution is 5.15. The lowest BCUT2D eigenvalue weighted by molar-refractivity contribution is 0.388. The van der Waals surface area contributed by atoms with Gasteiger partial charge in [-0.1, -0.05) is 51.1 Å². The van der Waals surface area contributed by atoms with Gasteiger partial charge in [-0.25, -0.2) is 0 Å². The van der Waals surface area contributed by atoms with Crippen LogP contribution in [0.3, 0.4) is 0 Å². The van der Waals surface area contributed by atoms with E-state index >= 15 is 0 Å². The van der Waals surface area contributed by atoms with Gasteiger partial charge in [-0.2, -0.15) is 0 Å². The fourth-order valence-electron chi connectivity index (χ4n) is 2.20. The first-order valence-corrected chi connectivity index (χ1v) is 6.47. The van der Waals surface area contributed by atoms with Gasteiger partial charge in [-0.3, -0.25) is 0 Å². The number of nitrogens with one attached hydrogen (secondary N) is 1. The summed E-state index contributed by atoms with van der Waals surface area (Å²) in [5, 5.41) is 3.47. The molecule has 0 spiro atoms. The van der Waals surface area contributed by atoms with E-state index in [1.54, 1.807) is 0 Å². The highest BCUT2D eigenvalue weighted by Crippen LogP contribution is 2.16. The lowest BCUT2D eigenvalue weighted by Crippen LogP contribution is -2.25. The van der Waals surface area contributed by atoms with Crippen molar-refractivity contribution in [3.05, 3.63) is 35.9 Å². The van der Waals surface area contributed by atoms with Crippen LogP contribution in [0, 0.1) is 11.8 Å². The second-order valence-electron chi connectivity index (χ2n) is 4.99. The van der Waals surface area contributed by atoms with E-state index in [2.05, 4.69) is 56.4 Å². The maximum absolute atomic E-state index is 3.47. The van der Waals surface area contributed by atoms with Gasteiger partial charge in [-0.05, 0) is 43.3 Å². The standard InChI is InChI=1S/C15H25N/c1-4-16-12-15(10-13(2)3)11-14-8-6-5-7-9-14/h5-9,13,15-16H,4,10-12H2,1-3H3. The summed E-state index contributed by atoms with van der Waals surface area (Å²) in [5.74, 6) is 1.55. The van der Waals surface area contributed by atoms with E-state index in [-0.39, 0.29) is 0 Å². The first kappa shape index (κ1) is 13.2. The van der Waals surface area contributed by atoms with Gasteiger partial charge in [0.15, 0.2) is 0 Å². The summed E-state index contributed by atoms with van der Waals surface area (Å²) in [6.45, 7) is 9.01. The Morgan fingerprint density at radius 1 is 1.12 bits per heavy atom. The van der Waals surface area contributed by atoms with Crippen LogP contribution in [-0.4, -0.2) is 13.1 Å². The molecule has 90 valence electrons. The molecular weight excluding hydrogens is 194 g/mol. The third kappa shape index (κ3) is 5.32. The highest BCUT2D eigenvalue weighted by Gasteiger charge is 2.11. The number of hydrogen-bond acceptors (Lipinski definition) is 1. The predicted octanol–water partition coefficient (Wildman–Crippen LogP) is 3.50. The Labute approximate surface area is 100 Å². The summed E-state index contributed by atoms with van der Waals surface area (Å²) >= 11 is 0. The number of benzene rings is 1. The maximum atomic E-state index is 3.47. The van der Waals surface area contributed by atoms with Crippen LogP contribution >= 0.6 is 0 Å². The van der Waals surface area contributed by atoms with Gasteiger partial charge in [0, 0.05) is 0 Å². The zero-order valence-electron chi connectivity index (χ0n) is 10.9. The minimum atomic E-state index is 0.766. The molecule has 0 aromatic heterocycles. The highest BCUT2D eigenvalue weighted by atomic mass is 14.8. The van der Waals surface area contributed by atoms with Gasteiger partial charge in [-0.15, -0.1) is 0 Å². The van der Waals surface area contributed by atoms with E-state index in [9.17, 15) is 0 Å². The van der Waals surface area contributed by atoms with Crippen LogP contribution < -0.4 is 5.32 Å². The van der Waals surface area contributed by atoms with Crippen LogP contribution in [0.2, 0.25) is 0 Å². The fourth-order valence-corrected chi connectivity index (χ4v) is 2.20. The van der Waals surface area contributed by atoms with Crippen molar-refractivity contribution in [3.8, 4) is 0 Å². The van der Waals surface area contributed by atoms with Crippen LogP contribution in [0.1, 0.15) is 32.8 Å². The zero-order valence-corrected chi connectivity index (χ0v) is 10.9. The van der Waals surface area contributed by atoms with Gasteiger partial charge < -0.3 is 5.32 Å². The Kier molecular flexibility index (Phi) is 6.17. The van der Waals surface area contributed by atoms with Crippen molar-refractivity contribution in [2.24, 2.45) is 11.8 Å². The average molecular weight is 219 g/mol. The van der Waals surface area contributed by atoms with E-state index in [0.717, 1.165) is 24.9 Å². The predicted molar refractivity (Wildman–Crippen MR) is 71.6 cm³/mol. The van der Waals surface area contributed by atoms with Crippen LogP contribution in [0.4, 0.5) is 0 Å². The second-order valence-corrected chi connectivity index (χ2v) is 4.99. The van der Waals surface area contributed by atoms with E-state index in [4.69, 9.17) is 0 Å². The van der Waals surface area contributed by atoms with Gasteiger partial charge in [0.25, 0.3) is 0 Å². The van der Waals surface area contributed by atoms with Crippen molar-refractivity contribution in [1.82, 2.24) is 5.32 Å². The summed E-state index contributed by atoms with van der Waals surface area (Å²) in [5.41, 5.74) is 1.46. The van der Waals surface area contributed by atoms with Crippen molar-refractivity contribution in [2.45, 2.75) is 33.6 Å². The Bertz CT molecular complexity index is 266. The van der Waals surface area contributed by atoms with E-state index in [1.165, 1.54) is 18.4 Å². The molecule has 0 amide bonds. The minimum Gasteiger partial charge on any atom is -0.317 e. The molecule has 16 heavy (non-hydrogen) atoms. The Balaban J connectivity index is 2.49. The lowest BCUT2D eigenvalue weighted by atomic mass is 9.91. The third-order valence-corrected chi connectivity index (χ3v) is 2.85. The van der Waals surface area contributed by atoms with Crippen LogP contribution in [0.15, 0.2) is 30.3 Å². The molecule has 0 bridgehead atoms. The number of hydrogen-bond donors (Lipinski definition) is 1. The molecule has 1 unspecified atom stereocenters. The zero-order chi connectivity index (χ0) is 11.8. The molecular formula is C15H25N. The van der Waals surface area contributed by atoms with Gasteiger partial charge in [0.05, 0.1) is 0 Å². The maximum Gasteiger partial charge on any atom is -0.00174 e. The summed E-state index contributed by atoms with van der Waals surface area (Å²) in [6, 6.07) is 10.8. The molecule has 0 saturated heterocycles. The normalized spacial score (nSPS) is 13.0. The molecule has 1 nitrogen and oxygen atoms in total. The first-order chi connectivity index (χ1) is 7.72. The van der Waals surface area contributed by atoms with E-state index < -0.39 is 0 Å². The largest absolute Gasteiger partial charge is 0.317 e. The quantitative estimate of drug-likeness (QED) is 0.740. The molecule has 0 aliphatic heterocycles. The Hall–Kier alpha value is -0.820. The van der Waals surface area contributed by atoms with Gasteiger partial charge in [0.1, 0.15) is 0 Å². The Morgan fingerprint density at radius 2 is 1.81 bits per heavy atom. The minimum absolute atomic E-state index is 0.766. The molecule has 1 aromatic rings. The third-order valence-electron chi connectivity index (χ3n) is 2.85. The van der Waals surface area contributed by atoms with Gasteiger partial charge in [0.2, 0.25) is 0 Å². The molecule has 0 heterocycles. The lowest BCUT2D eigenvalue weighted by Gasteiger charge is -2.19. The molecule has 1 atom stereocenters. The SMILES string of the molecule is CCNCC(Cc1ccccc1)CC(C)C. The second kappa shape index (κ2) is 7.45. The molecule has 0 aliphatic rings. The van der Waals surface area contributed by atoms with Crippen molar-refractivity contribution in [2.75, 3.05) is 13.1 Å². The summed E-state index contributed by atoms with van der Waals surface area (Å²) in [7, 11) is 0. The van der Waals surface area contributed by atoms with Crippen molar-refractivity contribution < 1.29 is 0 Å². The summed E-state index contributed by atoms with van der Waals surface area (Å²) < 4.78 is 0. The smallest absolute Gasteiger partial charge is 0.00174 e. The summed E-state index contributed by atoms with van der Waals surface area (Å²) in [4.78, 5) is 0. The van der Waals surface area contributed by atoms with Crippen LogP contribution in [0.25, 0.3) is 0 Å². The summed E-state index contributed by atoms with van der Waals surface area (Å²) in [6.07, 6.45) is 2.51. The molecule has 1 heteroatoms. The molecule has 1 aromatic carbocycles. The van der Waals surface area contributed by atoms with Crippen LogP contribution in [-0.2, 0) is 6.42 Å².